The number of benzene rings is 1. The number of rotatable bonds is 10. The summed E-state index contributed by atoms with van der Waals surface area (Å²) in [5.41, 5.74) is 1.15. The molecule has 0 bridgehead atoms. The molecule has 5 heteroatoms. The van der Waals surface area contributed by atoms with Crippen LogP contribution in [0.3, 0.4) is 0 Å². The van der Waals surface area contributed by atoms with E-state index in [9.17, 15) is 0 Å². The van der Waals surface area contributed by atoms with E-state index >= 15 is 0 Å². The van der Waals surface area contributed by atoms with E-state index in [4.69, 9.17) is 21.1 Å². The predicted octanol–water partition coefficient (Wildman–Crippen LogP) is 3.21. The second-order valence-corrected chi connectivity index (χ2v) is 5.78. The quantitative estimate of drug-likeness (QED) is 0.672. The van der Waals surface area contributed by atoms with Crippen molar-refractivity contribution >= 4 is 23.4 Å². The zero-order valence-corrected chi connectivity index (χ0v) is 13.1. The molecule has 1 rings (SSSR count). The Morgan fingerprint density at radius 1 is 1.32 bits per heavy atom. The van der Waals surface area contributed by atoms with E-state index in [1.54, 1.807) is 7.11 Å². The molecule has 0 aromatic heterocycles. The Morgan fingerprint density at radius 2 is 2.16 bits per heavy atom. The summed E-state index contributed by atoms with van der Waals surface area (Å²) in [6, 6.07) is 5.92. The van der Waals surface area contributed by atoms with E-state index in [1.807, 2.05) is 30.0 Å². The summed E-state index contributed by atoms with van der Waals surface area (Å²) in [6.45, 7) is 5.17. The van der Waals surface area contributed by atoms with Crippen molar-refractivity contribution in [3.63, 3.8) is 0 Å². The monoisotopic (exact) mass is 303 g/mol. The Labute approximate surface area is 125 Å². The van der Waals surface area contributed by atoms with Crippen molar-refractivity contribution in [2.45, 2.75) is 13.5 Å². The first-order chi connectivity index (χ1) is 9.27. The van der Waals surface area contributed by atoms with Crippen molar-refractivity contribution in [1.29, 1.82) is 0 Å². The average Bonchev–Trinajstić information content (AvgIpc) is 2.42. The van der Waals surface area contributed by atoms with Crippen LogP contribution >= 0.6 is 23.4 Å². The topological polar surface area (TPSA) is 30.5 Å². The largest absolute Gasteiger partial charge is 0.491 e. The highest BCUT2D eigenvalue weighted by Crippen LogP contribution is 2.25. The first-order valence-corrected chi connectivity index (χ1v) is 7.99. The van der Waals surface area contributed by atoms with E-state index in [-0.39, 0.29) is 0 Å². The molecule has 0 aliphatic heterocycles. The highest BCUT2D eigenvalue weighted by atomic mass is 35.5. The molecule has 1 aromatic carbocycles. The normalized spacial score (nSPS) is 10.7. The minimum Gasteiger partial charge on any atom is -0.491 e. The second-order valence-electron chi connectivity index (χ2n) is 3.98. The Bertz CT molecular complexity index is 363. The fraction of sp³-hybridized carbons (Fsp3) is 0.571. The third kappa shape index (κ3) is 7.06. The van der Waals surface area contributed by atoms with Crippen molar-refractivity contribution in [2.75, 3.05) is 38.4 Å². The molecule has 0 radical (unpaired) electrons. The van der Waals surface area contributed by atoms with E-state index < -0.39 is 0 Å². The van der Waals surface area contributed by atoms with Gasteiger partial charge >= 0.3 is 0 Å². The lowest BCUT2D eigenvalue weighted by molar-refractivity contribution is 0.199. The number of methoxy groups -OCH3 is 1. The minimum atomic E-state index is 0.674. The molecule has 0 aliphatic rings. The van der Waals surface area contributed by atoms with Crippen molar-refractivity contribution in [3.05, 3.63) is 28.8 Å². The maximum absolute atomic E-state index is 6.20. The molecular weight excluding hydrogens is 282 g/mol. The zero-order chi connectivity index (χ0) is 13.9. The van der Waals surface area contributed by atoms with Gasteiger partial charge in [0.2, 0.25) is 0 Å². The molecule has 0 unspecified atom stereocenters. The molecule has 0 amide bonds. The summed E-state index contributed by atoms with van der Waals surface area (Å²) in [4.78, 5) is 0. The fourth-order valence-corrected chi connectivity index (χ4v) is 2.28. The van der Waals surface area contributed by atoms with Crippen molar-refractivity contribution in [1.82, 2.24) is 5.32 Å². The molecule has 0 heterocycles. The highest BCUT2D eigenvalue weighted by molar-refractivity contribution is 7.99. The first kappa shape index (κ1) is 16.6. The number of halogens is 1. The van der Waals surface area contributed by atoms with Crippen LogP contribution < -0.4 is 10.1 Å². The molecule has 3 nitrogen and oxygen atoms in total. The number of thioether (sulfide) groups is 1. The van der Waals surface area contributed by atoms with Crippen LogP contribution in [-0.4, -0.2) is 38.4 Å². The Kier molecular flexibility index (Phi) is 9.08. The van der Waals surface area contributed by atoms with Gasteiger partial charge in [0.15, 0.2) is 0 Å². The van der Waals surface area contributed by atoms with Gasteiger partial charge < -0.3 is 14.8 Å². The summed E-state index contributed by atoms with van der Waals surface area (Å²) in [6.07, 6.45) is 0. The smallest absolute Gasteiger partial charge is 0.137 e. The number of ether oxygens (including phenoxy) is 2. The maximum atomic E-state index is 6.20. The van der Waals surface area contributed by atoms with Gasteiger partial charge in [-0.2, -0.15) is 11.8 Å². The standard InChI is InChI=1S/C14H22ClNO2S/c1-3-19-9-8-18-14-5-4-12(10-13(14)15)11-16-6-7-17-2/h4-5,10,16H,3,6-9,11H2,1-2H3. The lowest BCUT2D eigenvalue weighted by Crippen LogP contribution is -2.18. The summed E-state index contributed by atoms with van der Waals surface area (Å²) in [5, 5.41) is 3.96. The van der Waals surface area contributed by atoms with Crippen molar-refractivity contribution in [3.8, 4) is 5.75 Å². The van der Waals surface area contributed by atoms with Crippen LogP contribution in [0.2, 0.25) is 5.02 Å². The summed E-state index contributed by atoms with van der Waals surface area (Å²) in [7, 11) is 1.70. The summed E-state index contributed by atoms with van der Waals surface area (Å²) in [5.74, 6) is 2.87. The van der Waals surface area contributed by atoms with Gasteiger partial charge in [-0.05, 0) is 23.4 Å². The fourth-order valence-electron chi connectivity index (χ4n) is 1.53. The summed E-state index contributed by atoms with van der Waals surface area (Å²) < 4.78 is 10.6. The molecule has 0 saturated heterocycles. The number of nitrogens with one attached hydrogen (secondary N) is 1. The van der Waals surface area contributed by atoms with Crippen LogP contribution in [0.5, 0.6) is 5.75 Å². The van der Waals surface area contributed by atoms with Crippen LogP contribution in [0.1, 0.15) is 12.5 Å². The maximum Gasteiger partial charge on any atom is 0.137 e. The van der Waals surface area contributed by atoms with Gasteiger partial charge in [0, 0.05) is 26.0 Å². The van der Waals surface area contributed by atoms with Crippen molar-refractivity contribution in [2.24, 2.45) is 0 Å². The molecule has 0 spiro atoms. The van der Waals surface area contributed by atoms with Crippen LogP contribution in [0.15, 0.2) is 18.2 Å². The van der Waals surface area contributed by atoms with Gasteiger partial charge in [-0.3, -0.25) is 0 Å². The SMILES string of the molecule is CCSCCOc1ccc(CNCCOC)cc1Cl. The van der Waals surface area contributed by atoms with Gasteiger partial charge in [0.25, 0.3) is 0 Å². The molecular formula is C14H22ClNO2S. The van der Waals surface area contributed by atoms with Crippen LogP contribution in [0.4, 0.5) is 0 Å². The number of hydrogen-bond donors (Lipinski definition) is 1. The minimum absolute atomic E-state index is 0.674. The Morgan fingerprint density at radius 3 is 2.84 bits per heavy atom. The van der Waals surface area contributed by atoms with Crippen LogP contribution in [0.25, 0.3) is 0 Å². The first-order valence-electron chi connectivity index (χ1n) is 6.46. The number of hydrogen-bond acceptors (Lipinski definition) is 4. The van der Waals surface area contributed by atoms with E-state index in [2.05, 4.69) is 12.2 Å². The van der Waals surface area contributed by atoms with E-state index in [0.29, 0.717) is 18.2 Å². The van der Waals surface area contributed by atoms with Crippen LogP contribution in [-0.2, 0) is 11.3 Å². The third-order valence-electron chi connectivity index (χ3n) is 2.50. The van der Waals surface area contributed by atoms with Gasteiger partial charge in [-0.1, -0.05) is 24.6 Å². The summed E-state index contributed by atoms with van der Waals surface area (Å²) >= 11 is 8.06. The Balaban J connectivity index is 2.36. The molecule has 1 aromatic rings. The lowest BCUT2D eigenvalue weighted by Gasteiger charge is -2.10. The lowest BCUT2D eigenvalue weighted by atomic mass is 10.2. The van der Waals surface area contributed by atoms with E-state index in [0.717, 1.165) is 35.9 Å². The predicted molar refractivity (Wildman–Crippen MR) is 83.5 cm³/mol. The van der Waals surface area contributed by atoms with Crippen molar-refractivity contribution < 1.29 is 9.47 Å². The molecule has 0 saturated carbocycles. The molecule has 19 heavy (non-hydrogen) atoms. The zero-order valence-electron chi connectivity index (χ0n) is 11.6. The molecule has 1 N–H and O–H groups in total. The second kappa shape index (κ2) is 10.4. The molecule has 0 atom stereocenters. The van der Waals surface area contributed by atoms with Gasteiger partial charge in [0.05, 0.1) is 18.2 Å². The Hall–Kier alpha value is -0.420. The van der Waals surface area contributed by atoms with Gasteiger partial charge in [0.1, 0.15) is 5.75 Å². The third-order valence-corrected chi connectivity index (χ3v) is 3.66. The average molecular weight is 304 g/mol. The van der Waals surface area contributed by atoms with Gasteiger partial charge in [-0.25, -0.2) is 0 Å². The molecule has 108 valence electrons. The highest BCUT2D eigenvalue weighted by Gasteiger charge is 2.03. The van der Waals surface area contributed by atoms with Crippen LogP contribution in [0, 0.1) is 0 Å². The van der Waals surface area contributed by atoms with Gasteiger partial charge in [-0.15, -0.1) is 0 Å². The molecule has 0 fully saturated rings. The molecule has 0 aliphatic carbocycles. The van der Waals surface area contributed by atoms with E-state index in [1.165, 1.54) is 0 Å².